The molecule has 0 aromatic heterocycles. The Bertz CT molecular complexity index is 535. The molecule has 0 aliphatic carbocycles. The second-order valence-corrected chi connectivity index (χ2v) is 6.55. The highest BCUT2D eigenvalue weighted by atomic mass is 127. The van der Waals surface area contributed by atoms with Crippen molar-refractivity contribution in [2.45, 2.75) is 13.3 Å². The van der Waals surface area contributed by atoms with Gasteiger partial charge in [-0.05, 0) is 18.9 Å². The van der Waals surface area contributed by atoms with Gasteiger partial charge < -0.3 is 10.6 Å². The molecule has 3 N–H and O–H groups in total. The molecule has 0 spiro atoms. The van der Waals surface area contributed by atoms with Crippen molar-refractivity contribution in [3.63, 3.8) is 0 Å². The molecular formula is C14H25IN4O2S. The van der Waals surface area contributed by atoms with E-state index in [0.29, 0.717) is 19.0 Å². The lowest BCUT2D eigenvalue weighted by molar-refractivity contribution is 0.582. The minimum absolute atomic E-state index is 0. The summed E-state index contributed by atoms with van der Waals surface area (Å²) >= 11 is 0. The highest BCUT2D eigenvalue weighted by molar-refractivity contribution is 14.0. The molecular weight excluding hydrogens is 415 g/mol. The van der Waals surface area contributed by atoms with Gasteiger partial charge in [-0.15, -0.1) is 24.0 Å². The smallest absolute Gasteiger partial charge is 0.211 e. The number of hydrogen-bond acceptors (Lipinski definition) is 3. The summed E-state index contributed by atoms with van der Waals surface area (Å²) in [5.74, 6) is 0.762. The normalized spacial score (nSPS) is 11.6. The van der Waals surface area contributed by atoms with Gasteiger partial charge in [0.1, 0.15) is 0 Å². The number of sulfonamides is 1. The molecule has 0 aliphatic heterocycles. The molecule has 0 saturated heterocycles. The highest BCUT2D eigenvalue weighted by Gasteiger charge is 2.04. The first-order chi connectivity index (χ1) is 10.1. The largest absolute Gasteiger partial charge is 0.356 e. The molecule has 0 amide bonds. The summed E-state index contributed by atoms with van der Waals surface area (Å²) in [4.78, 5) is 4.09. The lowest BCUT2D eigenvalue weighted by Crippen LogP contribution is -2.42. The number of benzene rings is 1. The molecule has 0 radical (unpaired) electrons. The molecule has 0 unspecified atom stereocenters. The third-order valence-corrected chi connectivity index (χ3v) is 4.30. The molecule has 1 aromatic carbocycles. The van der Waals surface area contributed by atoms with Gasteiger partial charge in [0.05, 0.1) is 5.75 Å². The molecule has 6 nitrogen and oxygen atoms in total. The third-order valence-electron chi connectivity index (χ3n) is 2.89. The molecule has 0 heterocycles. The fourth-order valence-corrected chi connectivity index (χ4v) is 2.30. The molecule has 0 saturated carbocycles. The van der Waals surface area contributed by atoms with Crippen molar-refractivity contribution < 1.29 is 8.42 Å². The summed E-state index contributed by atoms with van der Waals surface area (Å²) in [6, 6.07) is 10.2. The van der Waals surface area contributed by atoms with Crippen LogP contribution in [0.15, 0.2) is 35.3 Å². The second-order valence-electron chi connectivity index (χ2n) is 4.46. The Labute approximate surface area is 150 Å². The van der Waals surface area contributed by atoms with Crippen LogP contribution < -0.4 is 15.4 Å². The van der Waals surface area contributed by atoms with Gasteiger partial charge in [0, 0.05) is 26.7 Å². The van der Waals surface area contributed by atoms with Crippen molar-refractivity contribution in [3.05, 3.63) is 35.9 Å². The summed E-state index contributed by atoms with van der Waals surface area (Å²) in [5.41, 5.74) is 1.26. The number of guanidine groups is 1. The lowest BCUT2D eigenvalue weighted by Gasteiger charge is -2.12. The van der Waals surface area contributed by atoms with E-state index in [1.54, 1.807) is 14.0 Å². The maximum absolute atomic E-state index is 11.3. The molecule has 0 fully saturated rings. The van der Waals surface area contributed by atoms with Crippen LogP contribution in [0.5, 0.6) is 0 Å². The second kappa shape index (κ2) is 11.7. The topological polar surface area (TPSA) is 82.6 Å². The number of nitrogens with zero attached hydrogens (tertiary/aromatic N) is 1. The van der Waals surface area contributed by atoms with Gasteiger partial charge in [0.15, 0.2) is 5.96 Å². The van der Waals surface area contributed by atoms with Gasteiger partial charge in [-0.3, -0.25) is 4.99 Å². The zero-order valence-corrected chi connectivity index (χ0v) is 16.1. The van der Waals surface area contributed by atoms with Crippen LogP contribution in [0, 0.1) is 0 Å². The van der Waals surface area contributed by atoms with E-state index < -0.39 is 10.0 Å². The number of nitrogens with one attached hydrogen (secondary N) is 3. The zero-order chi connectivity index (χ0) is 15.6. The van der Waals surface area contributed by atoms with Crippen molar-refractivity contribution in [2.75, 3.05) is 32.4 Å². The monoisotopic (exact) mass is 440 g/mol. The minimum atomic E-state index is -3.13. The van der Waals surface area contributed by atoms with Crippen molar-refractivity contribution in [3.8, 4) is 0 Å². The van der Waals surface area contributed by atoms with E-state index in [2.05, 4.69) is 32.5 Å². The summed E-state index contributed by atoms with van der Waals surface area (Å²) in [6.45, 7) is 3.21. The van der Waals surface area contributed by atoms with E-state index in [0.717, 1.165) is 13.0 Å². The minimum Gasteiger partial charge on any atom is -0.356 e. The third kappa shape index (κ3) is 9.21. The van der Waals surface area contributed by atoms with Gasteiger partial charge in [0.25, 0.3) is 0 Å². The first-order valence-corrected chi connectivity index (χ1v) is 8.68. The summed E-state index contributed by atoms with van der Waals surface area (Å²) in [6.07, 6.45) is 0.907. The Balaban J connectivity index is 0.00000441. The number of aliphatic imine (C=N–C) groups is 1. The molecule has 0 bridgehead atoms. The molecule has 8 heteroatoms. The molecule has 126 valence electrons. The summed E-state index contributed by atoms with van der Waals surface area (Å²) in [7, 11) is -1.44. The Morgan fingerprint density at radius 2 is 1.73 bits per heavy atom. The van der Waals surface area contributed by atoms with Crippen LogP contribution in [-0.4, -0.2) is 46.8 Å². The first-order valence-electron chi connectivity index (χ1n) is 7.03. The van der Waals surface area contributed by atoms with Crippen molar-refractivity contribution >= 4 is 40.0 Å². The van der Waals surface area contributed by atoms with Crippen molar-refractivity contribution in [1.82, 2.24) is 15.4 Å². The molecule has 0 aliphatic rings. The van der Waals surface area contributed by atoms with E-state index in [4.69, 9.17) is 0 Å². The van der Waals surface area contributed by atoms with Crippen LogP contribution in [0.3, 0.4) is 0 Å². The van der Waals surface area contributed by atoms with E-state index in [-0.39, 0.29) is 29.7 Å². The van der Waals surface area contributed by atoms with Gasteiger partial charge in [0.2, 0.25) is 10.0 Å². The van der Waals surface area contributed by atoms with Crippen LogP contribution in [-0.2, 0) is 16.4 Å². The predicted molar refractivity (Wildman–Crippen MR) is 102 cm³/mol. The molecule has 22 heavy (non-hydrogen) atoms. The fourth-order valence-electron chi connectivity index (χ4n) is 1.68. The summed E-state index contributed by atoms with van der Waals surface area (Å²) in [5, 5.41) is 6.26. The Morgan fingerprint density at radius 3 is 2.32 bits per heavy atom. The van der Waals surface area contributed by atoms with Gasteiger partial charge >= 0.3 is 0 Å². The highest BCUT2D eigenvalue weighted by Crippen LogP contribution is 1.97. The van der Waals surface area contributed by atoms with Gasteiger partial charge in [-0.25, -0.2) is 13.1 Å². The molecule has 1 rings (SSSR count). The summed E-state index contributed by atoms with van der Waals surface area (Å²) < 4.78 is 25.0. The molecule has 0 atom stereocenters. The van der Waals surface area contributed by atoms with E-state index in [1.165, 1.54) is 5.56 Å². The maximum atomic E-state index is 11.3. The van der Waals surface area contributed by atoms with Crippen LogP contribution in [0.25, 0.3) is 0 Å². The van der Waals surface area contributed by atoms with Crippen molar-refractivity contribution in [2.24, 2.45) is 4.99 Å². The average Bonchev–Trinajstić information content (AvgIpc) is 2.50. The van der Waals surface area contributed by atoms with E-state index in [9.17, 15) is 8.42 Å². The van der Waals surface area contributed by atoms with E-state index >= 15 is 0 Å². The van der Waals surface area contributed by atoms with Crippen LogP contribution >= 0.6 is 24.0 Å². The van der Waals surface area contributed by atoms with Crippen LogP contribution in [0.2, 0.25) is 0 Å². The van der Waals surface area contributed by atoms with Gasteiger partial charge in [-0.1, -0.05) is 30.3 Å². The lowest BCUT2D eigenvalue weighted by atomic mass is 10.1. The zero-order valence-electron chi connectivity index (χ0n) is 13.0. The maximum Gasteiger partial charge on any atom is 0.211 e. The predicted octanol–water partition coefficient (Wildman–Crippen LogP) is 0.951. The molecule has 1 aromatic rings. The Kier molecular flexibility index (Phi) is 11.2. The van der Waals surface area contributed by atoms with Gasteiger partial charge in [-0.2, -0.15) is 0 Å². The van der Waals surface area contributed by atoms with Crippen LogP contribution in [0.1, 0.15) is 12.5 Å². The van der Waals surface area contributed by atoms with E-state index in [1.807, 2.05) is 18.2 Å². The SMILES string of the molecule is CCS(=O)(=O)NCCNC(=NC)NCCc1ccccc1.I. The average molecular weight is 440 g/mol. The Morgan fingerprint density at radius 1 is 1.09 bits per heavy atom. The number of rotatable bonds is 8. The number of hydrogen-bond donors (Lipinski definition) is 3. The fraction of sp³-hybridized carbons (Fsp3) is 0.500. The standard InChI is InChI=1S/C14H24N4O2S.HI/c1-3-21(19,20)18-12-11-17-14(15-2)16-10-9-13-7-5-4-6-8-13;/h4-8,18H,3,9-12H2,1-2H3,(H2,15,16,17);1H. The Hall–Kier alpha value is -0.870. The van der Waals surface area contributed by atoms with Crippen molar-refractivity contribution in [1.29, 1.82) is 0 Å². The number of halogens is 1. The quantitative estimate of drug-likeness (QED) is 0.243. The first kappa shape index (κ1) is 21.1. The van der Waals surface area contributed by atoms with Crippen LogP contribution in [0.4, 0.5) is 0 Å².